The molecule has 1 aromatic carbocycles. The second-order valence-electron chi connectivity index (χ2n) is 4.89. The van der Waals surface area contributed by atoms with Gasteiger partial charge in [-0.05, 0) is 24.6 Å². The highest BCUT2D eigenvalue weighted by Crippen LogP contribution is 2.21. The van der Waals surface area contributed by atoms with Crippen LogP contribution in [-0.4, -0.2) is 21.6 Å². The van der Waals surface area contributed by atoms with Crippen molar-refractivity contribution in [3.8, 4) is 0 Å². The van der Waals surface area contributed by atoms with Crippen molar-refractivity contribution in [2.75, 3.05) is 17.7 Å². The van der Waals surface area contributed by atoms with Crippen molar-refractivity contribution in [3.63, 3.8) is 0 Å². The molecule has 0 aliphatic heterocycles. The van der Waals surface area contributed by atoms with Gasteiger partial charge in [-0.25, -0.2) is 4.52 Å². The molecule has 0 bridgehead atoms. The molecule has 2 aromatic heterocycles. The number of nitrogen functional groups attached to an aromatic ring is 1. The van der Waals surface area contributed by atoms with Crippen molar-refractivity contribution in [1.29, 1.82) is 0 Å². The van der Waals surface area contributed by atoms with Crippen LogP contribution >= 0.6 is 0 Å². The zero-order chi connectivity index (χ0) is 14.1. The Morgan fingerprint density at radius 3 is 2.65 bits per heavy atom. The van der Waals surface area contributed by atoms with Gasteiger partial charge in [0.15, 0.2) is 5.65 Å². The summed E-state index contributed by atoms with van der Waals surface area (Å²) >= 11 is 0. The van der Waals surface area contributed by atoms with Crippen LogP contribution in [0.5, 0.6) is 0 Å². The third-order valence-electron chi connectivity index (χ3n) is 3.40. The van der Waals surface area contributed by atoms with E-state index in [1.165, 1.54) is 5.56 Å². The average molecular weight is 267 g/mol. The highest BCUT2D eigenvalue weighted by molar-refractivity contribution is 5.57. The molecule has 5 heteroatoms. The van der Waals surface area contributed by atoms with E-state index in [9.17, 15) is 0 Å². The summed E-state index contributed by atoms with van der Waals surface area (Å²) in [5.74, 6) is 0.302. The van der Waals surface area contributed by atoms with E-state index in [1.807, 2.05) is 19.1 Å². The molecule has 0 unspecified atom stereocenters. The van der Waals surface area contributed by atoms with Crippen molar-refractivity contribution >= 4 is 17.3 Å². The number of nitrogens with two attached hydrogens (primary N) is 1. The minimum absolute atomic E-state index is 0.302. The van der Waals surface area contributed by atoms with E-state index in [1.54, 1.807) is 4.52 Å². The molecule has 2 N–H and O–H groups in total. The fourth-order valence-electron chi connectivity index (χ4n) is 2.42. The third-order valence-corrected chi connectivity index (χ3v) is 3.40. The lowest BCUT2D eigenvalue weighted by atomic mass is 10.2. The van der Waals surface area contributed by atoms with Crippen LogP contribution in [0.2, 0.25) is 0 Å². The smallest absolute Gasteiger partial charge is 0.240 e. The Morgan fingerprint density at radius 1 is 1.15 bits per heavy atom. The minimum atomic E-state index is 0.302. The minimum Gasteiger partial charge on any atom is -0.369 e. The molecule has 3 rings (SSSR count). The summed E-state index contributed by atoms with van der Waals surface area (Å²) in [5, 5.41) is 4.22. The van der Waals surface area contributed by atoms with Crippen molar-refractivity contribution in [3.05, 3.63) is 53.7 Å². The van der Waals surface area contributed by atoms with Crippen LogP contribution in [0.15, 0.2) is 42.5 Å². The highest BCUT2D eigenvalue weighted by Gasteiger charge is 2.10. The summed E-state index contributed by atoms with van der Waals surface area (Å²) in [7, 11) is 2.07. The predicted octanol–water partition coefficient (Wildman–Crippen LogP) is 2.26. The molecule has 0 saturated carbocycles. The Bertz CT molecular complexity index is 733. The number of pyridine rings is 1. The molecule has 0 atom stereocenters. The number of nitrogens with zero attached hydrogens (tertiary/aromatic N) is 4. The molecule has 0 amide bonds. The average Bonchev–Trinajstić information content (AvgIpc) is 2.82. The number of aromatic nitrogens is 3. The van der Waals surface area contributed by atoms with Crippen molar-refractivity contribution in [2.24, 2.45) is 0 Å². The second-order valence-corrected chi connectivity index (χ2v) is 4.89. The van der Waals surface area contributed by atoms with Gasteiger partial charge in [-0.1, -0.05) is 30.3 Å². The second kappa shape index (κ2) is 4.85. The fraction of sp³-hybridized carbons (Fsp3) is 0.200. The molecular formula is C15H17N5. The Balaban J connectivity index is 1.95. The lowest BCUT2D eigenvalue weighted by Gasteiger charge is -2.21. The maximum Gasteiger partial charge on any atom is 0.240 e. The molecular weight excluding hydrogens is 250 g/mol. The Morgan fingerprint density at radius 2 is 1.90 bits per heavy atom. The van der Waals surface area contributed by atoms with Crippen LogP contribution in [0.1, 0.15) is 11.3 Å². The van der Waals surface area contributed by atoms with Gasteiger partial charge >= 0.3 is 0 Å². The summed E-state index contributed by atoms with van der Waals surface area (Å²) in [5.41, 5.74) is 9.85. The predicted molar refractivity (Wildman–Crippen MR) is 80.7 cm³/mol. The third kappa shape index (κ3) is 2.18. The van der Waals surface area contributed by atoms with Gasteiger partial charge in [0.1, 0.15) is 0 Å². The van der Waals surface area contributed by atoms with Gasteiger partial charge in [-0.3, -0.25) is 0 Å². The molecule has 0 aliphatic carbocycles. The van der Waals surface area contributed by atoms with Gasteiger partial charge in [0.25, 0.3) is 0 Å². The normalized spacial score (nSPS) is 10.9. The van der Waals surface area contributed by atoms with Gasteiger partial charge in [0.05, 0.1) is 11.4 Å². The Labute approximate surface area is 117 Å². The monoisotopic (exact) mass is 267 g/mol. The summed E-state index contributed by atoms with van der Waals surface area (Å²) < 4.78 is 1.78. The summed E-state index contributed by atoms with van der Waals surface area (Å²) in [6, 6.07) is 14.4. The van der Waals surface area contributed by atoms with Crippen molar-refractivity contribution in [1.82, 2.24) is 14.6 Å². The number of hydrogen-bond donors (Lipinski definition) is 1. The molecule has 102 valence electrons. The van der Waals surface area contributed by atoms with E-state index >= 15 is 0 Å². The van der Waals surface area contributed by atoms with E-state index in [4.69, 9.17) is 5.73 Å². The molecule has 2 heterocycles. The van der Waals surface area contributed by atoms with Crippen LogP contribution in [0.4, 0.5) is 11.6 Å². The first-order valence-electron chi connectivity index (χ1n) is 6.52. The maximum atomic E-state index is 5.65. The molecule has 0 fully saturated rings. The number of aryl methyl sites for hydroxylation is 1. The van der Waals surface area contributed by atoms with Crippen molar-refractivity contribution < 1.29 is 0 Å². The van der Waals surface area contributed by atoms with Crippen LogP contribution in [0, 0.1) is 6.92 Å². The van der Waals surface area contributed by atoms with Crippen molar-refractivity contribution in [2.45, 2.75) is 13.5 Å². The van der Waals surface area contributed by atoms with Gasteiger partial charge in [-0.2, -0.15) is 4.98 Å². The summed E-state index contributed by atoms with van der Waals surface area (Å²) in [4.78, 5) is 6.37. The molecule has 5 nitrogen and oxygen atoms in total. The van der Waals surface area contributed by atoms with Crippen LogP contribution in [-0.2, 0) is 6.54 Å². The maximum absolute atomic E-state index is 5.65. The van der Waals surface area contributed by atoms with Crippen LogP contribution in [0.3, 0.4) is 0 Å². The van der Waals surface area contributed by atoms with Gasteiger partial charge in [0.2, 0.25) is 5.95 Å². The first-order valence-corrected chi connectivity index (χ1v) is 6.52. The van der Waals surface area contributed by atoms with Crippen LogP contribution in [0.25, 0.3) is 5.65 Å². The van der Waals surface area contributed by atoms with E-state index in [0.717, 1.165) is 23.6 Å². The van der Waals surface area contributed by atoms with Gasteiger partial charge in [0, 0.05) is 13.6 Å². The molecule has 3 aromatic rings. The number of fused-ring (bicyclic) bond motifs is 1. The standard InChI is InChI=1S/C15H17N5/c1-11-13(8-9-14-17-15(16)18-20(11)14)19(2)10-12-6-4-3-5-7-12/h3-9H,10H2,1-2H3,(H2,16,18). The summed E-state index contributed by atoms with van der Waals surface area (Å²) in [6.07, 6.45) is 0. The molecule has 20 heavy (non-hydrogen) atoms. The first kappa shape index (κ1) is 12.5. The summed E-state index contributed by atoms with van der Waals surface area (Å²) in [6.45, 7) is 2.87. The van der Waals surface area contributed by atoms with E-state index < -0.39 is 0 Å². The number of anilines is 2. The zero-order valence-electron chi connectivity index (χ0n) is 11.6. The number of hydrogen-bond acceptors (Lipinski definition) is 4. The SMILES string of the molecule is Cc1c(N(C)Cc2ccccc2)ccc2nc(N)nn12. The van der Waals surface area contributed by atoms with Gasteiger partial charge in [-0.15, -0.1) is 5.10 Å². The van der Waals surface area contributed by atoms with Gasteiger partial charge < -0.3 is 10.6 Å². The Kier molecular flexibility index (Phi) is 3.02. The fourth-order valence-corrected chi connectivity index (χ4v) is 2.42. The van der Waals surface area contributed by atoms with E-state index in [2.05, 4.69) is 52.4 Å². The zero-order valence-corrected chi connectivity index (χ0v) is 11.6. The van der Waals surface area contributed by atoms with E-state index in [-0.39, 0.29) is 0 Å². The quantitative estimate of drug-likeness (QED) is 0.790. The lowest BCUT2D eigenvalue weighted by molar-refractivity contribution is 0.867. The number of benzene rings is 1. The molecule has 0 saturated heterocycles. The molecule has 0 aliphatic rings. The molecule has 0 spiro atoms. The largest absolute Gasteiger partial charge is 0.369 e. The first-order chi connectivity index (χ1) is 9.65. The highest BCUT2D eigenvalue weighted by atomic mass is 15.3. The Hall–Kier alpha value is -2.56. The van der Waals surface area contributed by atoms with Crippen LogP contribution < -0.4 is 10.6 Å². The van der Waals surface area contributed by atoms with E-state index in [0.29, 0.717) is 5.95 Å². The molecule has 0 radical (unpaired) electrons. The number of rotatable bonds is 3. The lowest BCUT2D eigenvalue weighted by Crippen LogP contribution is -2.18. The topological polar surface area (TPSA) is 59.5 Å².